The Morgan fingerprint density at radius 1 is 1.43 bits per heavy atom. The second kappa shape index (κ2) is 6.99. The molecule has 2 aromatic rings. The van der Waals surface area contributed by atoms with Crippen LogP contribution in [0.3, 0.4) is 0 Å². The number of ether oxygens (including phenoxy) is 1. The molecule has 21 heavy (non-hydrogen) atoms. The van der Waals surface area contributed by atoms with Crippen molar-refractivity contribution in [1.82, 2.24) is 4.98 Å². The van der Waals surface area contributed by atoms with E-state index in [1.807, 2.05) is 0 Å². The SMILES string of the molecule is CCOC(=O)/C(O)=C/c1ncc(Cc2ccc(F)cc2)s1. The molecule has 0 bridgehead atoms. The number of rotatable bonds is 5. The maximum absolute atomic E-state index is 12.8. The molecule has 1 aromatic carbocycles. The van der Waals surface area contributed by atoms with E-state index in [2.05, 4.69) is 9.72 Å². The quantitative estimate of drug-likeness (QED) is 0.523. The Hall–Kier alpha value is -2.21. The average Bonchev–Trinajstić information content (AvgIpc) is 2.89. The fraction of sp³-hybridized carbons (Fsp3) is 0.200. The van der Waals surface area contributed by atoms with Gasteiger partial charge in [0.05, 0.1) is 6.61 Å². The smallest absolute Gasteiger partial charge is 0.373 e. The Kier molecular flexibility index (Phi) is 5.05. The third-order valence-corrected chi connectivity index (χ3v) is 3.55. The van der Waals surface area contributed by atoms with Gasteiger partial charge in [0.25, 0.3) is 0 Å². The minimum absolute atomic E-state index is 0.199. The first-order chi connectivity index (χ1) is 10.1. The molecule has 0 atom stereocenters. The number of aliphatic hydroxyl groups is 1. The van der Waals surface area contributed by atoms with Crippen molar-refractivity contribution in [3.8, 4) is 0 Å². The van der Waals surface area contributed by atoms with Gasteiger partial charge >= 0.3 is 5.97 Å². The molecule has 6 heteroatoms. The molecule has 110 valence electrons. The Balaban J connectivity index is 2.06. The second-order valence-corrected chi connectivity index (χ2v) is 5.36. The number of hydrogen-bond acceptors (Lipinski definition) is 5. The van der Waals surface area contributed by atoms with Gasteiger partial charge in [-0.3, -0.25) is 0 Å². The van der Waals surface area contributed by atoms with Crippen molar-refractivity contribution in [2.45, 2.75) is 13.3 Å². The maximum Gasteiger partial charge on any atom is 0.373 e. The molecule has 0 radical (unpaired) electrons. The highest BCUT2D eigenvalue weighted by Gasteiger charge is 2.10. The Labute approximate surface area is 125 Å². The molecule has 0 saturated heterocycles. The number of thiazole rings is 1. The van der Waals surface area contributed by atoms with Crippen LogP contribution in [-0.4, -0.2) is 22.7 Å². The van der Waals surface area contributed by atoms with Gasteiger partial charge in [-0.05, 0) is 24.6 Å². The lowest BCUT2D eigenvalue weighted by molar-refractivity contribution is -0.141. The number of halogens is 1. The molecule has 2 rings (SSSR count). The number of nitrogens with zero attached hydrogens (tertiary/aromatic N) is 1. The molecular formula is C15H14FNO3S. The van der Waals surface area contributed by atoms with Crippen molar-refractivity contribution in [2.24, 2.45) is 0 Å². The summed E-state index contributed by atoms with van der Waals surface area (Å²) in [6, 6.07) is 6.23. The zero-order chi connectivity index (χ0) is 15.2. The van der Waals surface area contributed by atoms with Gasteiger partial charge in [0.2, 0.25) is 5.76 Å². The standard InChI is InChI=1S/C15H14FNO3S/c1-2-20-15(19)13(18)8-14-17-9-12(21-14)7-10-3-5-11(16)6-4-10/h3-6,8-9,18H,2,7H2,1H3/b13-8-. The van der Waals surface area contributed by atoms with Gasteiger partial charge in [-0.15, -0.1) is 11.3 Å². The number of aliphatic hydroxyl groups excluding tert-OH is 1. The van der Waals surface area contributed by atoms with Crippen LogP contribution >= 0.6 is 11.3 Å². The predicted molar refractivity (Wildman–Crippen MR) is 78.6 cm³/mol. The summed E-state index contributed by atoms with van der Waals surface area (Å²) >= 11 is 1.35. The summed E-state index contributed by atoms with van der Waals surface area (Å²) in [5.41, 5.74) is 0.963. The Morgan fingerprint density at radius 3 is 2.81 bits per heavy atom. The lowest BCUT2D eigenvalue weighted by Crippen LogP contribution is -2.06. The molecule has 0 aliphatic carbocycles. The Bertz CT molecular complexity index is 649. The van der Waals surface area contributed by atoms with Gasteiger partial charge in [-0.25, -0.2) is 14.2 Å². The third-order valence-electron chi connectivity index (χ3n) is 2.61. The van der Waals surface area contributed by atoms with Crippen LogP contribution in [0.4, 0.5) is 4.39 Å². The van der Waals surface area contributed by atoms with Crippen molar-refractivity contribution in [3.05, 3.63) is 57.5 Å². The van der Waals surface area contributed by atoms with E-state index in [0.717, 1.165) is 10.4 Å². The van der Waals surface area contributed by atoms with E-state index in [-0.39, 0.29) is 12.4 Å². The number of carbonyl (C=O) groups is 1. The molecular weight excluding hydrogens is 293 g/mol. The van der Waals surface area contributed by atoms with Crippen LogP contribution in [0.2, 0.25) is 0 Å². The first-order valence-electron chi connectivity index (χ1n) is 6.35. The average molecular weight is 307 g/mol. The highest BCUT2D eigenvalue weighted by atomic mass is 32.1. The summed E-state index contributed by atoms with van der Waals surface area (Å²) in [6.45, 7) is 1.86. The highest BCUT2D eigenvalue weighted by Crippen LogP contribution is 2.19. The fourth-order valence-corrected chi connectivity index (χ4v) is 2.54. The summed E-state index contributed by atoms with van der Waals surface area (Å²) in [7, 11) is 0. The van der Waals surface area contributed by atoms with Crippen LogP contribution in [0, 0.1) is 5.82 Å². The summed E-state index contributed by atoms with van der Waals surface area (Å²) in [5.74, 6) is -1.52. The van der Waals surface area contributed by atoms with Crippen LogP contribution < -0.4 is 0 Å². The Morgan fingerprint density at radius 2 is 2.14 bits per heavy atom. The second-order valence-electron chi connectivity index (χ2n) is 4.22. The molecule has 0 unspecified atom stereocenters. The number of carbonyl (C=O) groups excluding carboxylic acids is 1. The molecule has 0 fully saturated rings. The van der Waals surface area contributed by atoms with Crippen LogP contribution in [0.1, 0.15) is 22.4 Å². The van der Waals surface area contributed by atoms with Gasteiger partial charge in [-0.1, -0.05) is 12.1 Å². The summed E-state index contributed by atoms with van der Waals surface area (Å²) in [4.78, 5) is 16.3. The molecule has 0 saturated carbocycles. The van der Waals surface area contributed by atoms with Crippen molar-refractivity contribution in [1.29, 1.82) is 0 Å². The minimum Gasteiger partial charge on any atom is -0.502 e. The van der Waals surface area contributed by atoms with Gasteiger partial charge in [0, 0.05) is 23.6 Å². The molecule has 1 aromatic heterocycles. The monoisotopic (exact) mass is 307 g/mol. The van der Waals surface area contributed by atoms with Gasteiger partial charge in [0.1, 0.15) is 10.8 Å². The lowest BCUT2D eigenvalue weighted by Gasteiger charge is -1.98. The van der Waals surface area contributed by atoms with Crippen molar-refractivity contribution >= 4 is 23.4 Å². The topological polar surface area (TPSA) is 59.4 Å². The maximum atomic E-state index is 12.8. The fourth-order valence-electron chi connectivity index (χ4n) is 1.66. The number of hydrogen-bond donors (Lipinski definition) is 1. The lowest BCUT2D eigenvalue weighted by atomic mass is 10.1. The van der Waals surface area contributed by atoms with E-state index in [9.17, 15) is 14.3 Å². The number of esters is 1. The third kappa shape index (κ3) is 4.39. The predicted octanol–water partition coefficient (Wildman–Crippen LogP) is 3.34. The van der Waals surface area contributed by atoms with Crippen LogP contribution in [0.5, 0.6) is 0 Å². The minimum atomic E-state index is -0.771. The summed E-state index contributed by atoms with van der Waals surface area (Å²) in [5, 5.41) is 10.1. The largest absolute Gasteiger partial charge is 0.502 e. The first-order valence-corrected chi connectivity index (χ1v) is 7.17. The van der Waals surface area contributed by atoms with Crippen LogP contribution in [-0.2, 0) is 16.0 Å². The van der Waals surface area contributed by atoms with Gasteiger partial charge in [0.15, 0.2) is 0 Å². The van der Waals surface area contributed by atoms with Gasteiger partial charge in [-0.2, -0.15) is 0 Å². The molecule has 0 amide bonds. The van der Waals surface area contributed by atoms with E-state index >= 15 is 0 Å². The normalized spacial score (nSPS) is 11.4. The number of benzene rings is 1. The summed E-state index contributed by atoms with van der Waals surface area (Å²) in [6.07, 6.45) is 3.56. The van der Waals surface area contributed by atoms with E-state index in [1.54, 1.807) is 25.3 Å². The number of aromatic nitrogens is 1. The van der Waals surface area contributed by atoms with Crippen molar-refractivity contribution in [3.63, 3.8) is 0 Å². The van der Waals surface area contributed by atoms with E-state index in [4.69, 9.17) is 0 Å². The molecule has 0 spiro atoms. The van der Waals surface area contributed by atoms with E-state index < -0.39 is 11.7 Å². The molecule has 4 nitrogen and oxygen atoms in total. The van der Waals surface area contributed by atoms with E-state index in [1.165, 1.54) is 29.5 Å². The molecule has 0 aliphatic heterocycles. The van der Waals surface area contributed by atoms with Crippen LogP contribution in [0.15, 0.2) is 36.2 Å². The molecule has 1 heterocycles. The van der Waals surface area contributed by atoms with Crippen molar-refractivity contribution < 1.29 is 19.0 Å². The zero-order valence-electron chi connectivity index (χ0n) is 11.4. The van der Waals surface area contributed by atoms with Gasteiger partial charge < -0.3 is 9.84 Å². The highest BCUT2D eigenvalue weighted by molar-refractivity contribution is 7.12. The molecule has 0 aliphatic rings. The van der Waals surface area contributed by atoms with E-state index in [0.29, 0.717) is 11.4 Å². The van der Waals surface area contributed by atoms with Crippen LogP contribution in [0.25, 0.3) is 6.08 Å². The summed E-state index contributed by atoms with van der Waals surface area (Å²) < 4.78 is 17.5. The first kappa shape index (κ1) is 15.2. The molecule has 1 N–H and O–H groups in total. The zero-order valence-corrected chi connectivity index (χ0v) is 12.2. The van der Waals surface area contributed by atoms with Crippen molar-refractivity contribution in [2.75, 3.05) is 6.61 Å².